The topological polar surface area (TPSA) is 114 Å². The largest absolute Gasteiger partial charge is 0.494 e. The number of anilines is 1. The van der Waals surface area contributed by atoms with Crippen LogP contribution in [0.4, 0.5) is 5.69 Å². The molecule has 0 bridgehead atoms. The van der Waals surface area contributed by atoms with E-state index in [1.807, 2.05) is 27.7 Å². The Bertz CT molecular complexity index is 1610. The summed E-state index contributed by atoms with van der Waals surface area (Å²) in [5.74, 6) is 0.00204. The molecule has 0 saturated carbocycles. The first-order valence-corrected chi connectivity index (χ1v) is 16.3. The van der Waals surface area contributed by atoms with E-state index in [0.29, 0.717) is 33.7 Å². The second-order valence-corrected chi connectivity index (χ2v) is 13.8. The van der Waals surface area contributed by atoms with Crippen molar-refractivity contribution in [3.8, 4) is 17.2 Å². The van der Waals surface area contributed by atoms with Crippen LogP contribution >= 0.6 is 23.2 Å². The lowest BCUT2D eigenvalue weighted by molar-refractivity contribution is -0.140. The molecule has 0 aliphatic heterocycles. The lowest BCUT2D eigenvalue weighted by atomic mass is 10.1. The van der Waals surface area contributed by atoms with Gasteiger partial charge in [0.1, 0.15) is 18.3 Å². The van der Waals surface area contributed by atoms with E-state index in [1.54, 1.807) is 43.3 Å². The number of sulfonamides is 1. The van der Waals surface area contributed by atoms with E-state index >= 15 is 0 Å². The van der Waals surface area contributed by atoms with Crippen molar-refractivity contribution in [3.05, 3.63) is 76.3 Å². The number of ether oxygens (including phenoxy) is 3. The Labute approximate surface area is 275 Å². The molecule has 244 valence electrons. The highest BCUT2D eigenvalue weighted by atomic mass is 35.5. The maximum atomic E-state index is 14.2. The van der Waals surface area contributed by atoms with Gasteiger partial charge in [0.15, 0.2) is 11.5 Å². The van der Waals surface area contributed by atoms with Crippen molar-refractivity contribution in [3.63, 3.8) is 0 Å². The van der Waals surface area contributed by atoms with E-state index in [-0.39, 0.29) is 22.9 Å². The number of nitrogens with zero attached hydrogens (tertiary/aromatic N) is 2. The predicted octanol–water partition coefficient (Wildman–Crippen LogP) is 5.94. The summed E-state index contributed by atoms with van der Waals surface area (Å²) in [7, 11) is -1.53. The zero-order valence-corrected chi connectivity index (χ0v) is 28.7. The van der Waals surface area contributed by atoms with Crippen LogP contribution in [0.25, 0.3) is 0 Å². The van der Waals surface area contributed by atoms with Gasteiger partial charge in [0, 0.05) is 28.2 Å². The molecule has 0 heterocycles. The average Bonchev–Trinajstić information content (AvgIpc) is 2.98. The number of nitrogens with one attached hydrogen (secondary N) is 1. The highest BCUT2D eigenvalue weighted by Crippen LogP contribution is 2.33. The van der Waals surface area contributed by atoms with E-state index in [2.05, 4.69) is 5.32 Å². The number of carbonyl (C=O) groups is 2. The molecule has 1 atom stereocenters. The fraction of sp³-hybridized carbons (Fsp3) is 0.375. The Hall–Kier alpha value is -3.67. The first kappa shape index (κ1) is 35.8. The highest BCUT2D eigenvalue weighted by Gasteiger charge is 2.34. The lowest BCUT2D eigenvalue weighted by Gasteiger charge is -2.33. The molecule has 3 rings (SSSR count). The summed E-state index contributed by atoms with van der Waals surface area (Å²) in [6, 6.07) is 14.3. The van der Waals surface area contributed by atoms with Gasteiger partial charge in [0.05, 0.1) is 31.4 Å². The minimum absolute atomic E-state index is 0.0823. The molecule has 0 fully saturated rings. The van der Waals surface area contributed by atoms with Gasteiger partial charge in [-0.1, -0.05) is 29.3 Å². The minimum Gasteiger partial charge on any atom is -0.494 e. The van der Waals surface area contributed by atoms with Crippen molar-refractivity contribution in [2.45, 2.75) is 57.6 Å². The van der Waals surface area contributed by atoms with E-state index < -0.39 is 40.0 Å². The van der Waals surface area contributed by atoms with Gasteiger partial charge in [-0.15, -0.1) is 0 Å². The maximum absolute atomic E-state index is 14.2. The lowest BCUT2D eigenvalue weighted by Crippen LogP contribution is -2.54. The van der Waals surface area contributed by atoms with E-state index in [9.17, 15) is 18.0 Å². The van der Waals surface area contributed by atoms with E-state index in [1.165, 1.54) is 43.4 Å². The molecule has 13 heteroatoms. The zero-order chi connectivity index (χ0) is 33.5. The molecule has 2 amide bonds. The number of benzene rings is 3. The SMILES string of the molecule is CCOc1ccc(N(CC(=O)N(Cc2ccc(Cl)cc2Cl)[C@H](C)C(=O)NC(C)(C)C)S(=O)(=O)c2ccc(OC)c(OC)c2)cc1. The van der Waals surface area contributed by atoms with Gasteiger partial charge in [-0.05, 0) is 88.7 Å². The van der Waals surface area contributed by atoms with Crippen molar-refractivity contribution < 1.29 is 32.2 Å². The molecule has 3 aromatic rings. The molecule has 10 nitrogen and oxygen atoms in total. The summed E-state index contributed by atoms with van der Waals surface area (Å²) in [5, 5.41) is 3.59. The average molecular weight is 681 g/mol. The van der Waals surface area contributed by atoms with Crippen LogP contribution in [0.5, 0.6) is 17.2 Å². The quantitative estimate of drug-likeness (QED) is 0.238. The van der Waals surface area contributed by atoms with Crippen molar-refractivity contribution in [2.75, 3.05) is 31.7 Å². The third-order valence-electron chi connectivity index (χ3n) is 6.68. The second-order valence-electron chi connectivity index (χ2n) is 11.1. The molecule has 0 aliphatic carbocycles. The van der Waals surface area contributed by atoms with Gasteiger partial charge in [-0.25, -0.2) is 8.42 Å². The van der Waals surface area contributed by atoms with Gasteiger partial charge in [0.2, 0.25) is 11.8 Å². The molecular formula is C32H39Cl2N3O7S. The number of amides is 2. The predicted molar refractivity (Wildman–Crippen MR) is 176 cm³/mol. The van der Waals surface area contributed by atoms with Crippen LogP contribution in [-0.2, 0) is 26.2 Å². The molecule has 0 aliphatic rings. The molecular weight excluding hydrogens is 641 g/mol. The third kappa shape index (κ3) is 9.18. The maximum Gasteiger partial charge on any atom is 0.264 e. The fourth-order valence-electron chi connectivity index (χ4n) is 4.40. The summed E-state index contributed by atoms with van der Waals surface area (Å²) >= 11 is 12.5. The molecule has 3 aromatic carbocycles. The highest BCUT2D eigenvalue weighted by molar-refractivity contribution is 7.92. The van der Waals surface area contributed by atoms with Gasteiger partial charge in [-0.3, -0.25) is 13.9 Å². The first-order valence-electron chi connectivity index (χ1n) is 14.1. The van der Waals surface area contributed by atoms with Crippen LogP contribution in [0, 0.1) is 0 Å². The van der Waals surface area contributed by atoms with Crippen LogP contribution in [-0.4, -0.2) is 64.1 Å². The molecule has 0 radical (unpaired) electrons. The first-order chi connectivity index (χ1) is 21.1. The van der Waals surface area contributed by atoms with E-state index in [4.69, 9.17) is 37.4 Å². The molecule has 45 heavy (non-hydrogen) atoms. The Morgan fingerprint density at radius 3 is 2.13 bits per heavy atom. The van der Waals surface area contributed by atoms with Crippen LogP contribution < -0.4 is 23.8 Å². The normalized spacial score (nSPS) is 12.2. The van der Waals surface area contributed by atoms with Gasteiger partial charge >= 0.3 is 0 Å². The molecule has 0 unspecified atom stereocenters. The summed E-state index contributed by atoms with van der Waals surface area (Å²) in [4.78, 5) is 28.7. The van der Waals surface area contributed by atoms with Crippen molar-refractivity contribution in [2.24, 2.45) is 0 Å². The summed E-state index contributed by atoms with van der Waals surface area (Å²) in [6.45, 7) is 8.58. The second kappa shape index (κ2) is 15.1. The van der Waals surface area contributed by atoms with Crippen LogP contribution in [0.1, 0.15) is 40.2 Å². The monoisotopic (exact) mass is 679 g/mol. The number of methoxy groups -OCH3 is 2. The minimum atomic E-state index is -4.36. The molecule has 0 saturated heterocycles. The van der Waals surface area contributed by atoms with Crippen LogP contribution in [0.2, 0.25) is 10.0 Å². The standard InChI is InChI=1S/C32H39Cl2N3O7S/c1-8-44-25-13-11-24(12-14-25)37(45(40,41)26-15-16-28(42-6)29(18-26)43-7)20-30(38)36(21(2)31(39)35-32(3,4)5)19-22-9-10-23(33)17-27(22)34/h9-18,21H,8,19-20H2,1-7H3,(H,35,39)/t21-/m1/s1. The van der Waals surface area contributed by atoms with Crippen molar-refractivity contribution >= 4 is 50.7 Å². The number of hydrogen-bond donors (Lipinski definition) is 1. The van der Waals surface area contributed by atoms with Gasteiger partial charge < -0.3 is 24.4 Å². The summed E-state index contributed by atoms with van der Waals surface area (Å²) < 4.78 is 45.6. The Balaban J connectivity index is 2.11. The third-order valence-corrected chi connectivity index (χ3v) is 9.04. The van der Waals surface area contributed by atoms with Crippen molar-refractivity contribution in [1.82, 2.24) is 10.2 Å². The Kier molecular flexibility index (Phi) is 12.0. The van der Waals surface area contributed by atoms with Crippen molar-refractivity contribution in [1.29, 1.82) is 0 Å². The van der Waals surface area contributed by atoms with Crippen LogP contribution in [0.3, 0.4) is 0 Å². The Morgan fingerprint density at radius 2 is 1.58 bits per heavy atom. The van der Waals surface area contributed by atoms with Crippen LogP contribution in [0.15, 0.2) is 65.6 Å². The summed E-state index contributed by atoms with van der Waals surface area (Å²) in [5.41, 5.74) is 0.154. The number of rotatable bonds is 13. The smallest absolute Gasteiger partial charge is 0.264 e. The van der Waals surface area contributed by atoms with Gasteiger partial charge in [0.25, 0.3) is 10.0 Å². The zero-order valence-electron chi connectivity index (χ0n) is 26.4. The molecule has 0 spiro atoms. The fourth-order valence-corrected chi connectivity index (χ4v) is 6.30. The number of hydrogen-bond acceptors (Lipinski definition) is 7. The van der Waals surface area contributed by atoms with E-state index in [0.717, 1.165) is 4.31 Å². The van der Waals surface area contributed by atoms with Gasteiger partial charge in [-0.2, -0.15) is 0 Å². The number of carbonyl (C=O) groups excluding carboxylic acids is 2. The summed E-state index contributed by atoms with van der Waals surface area (Å²) in [6.07, 6.45) is 0. The molecule has 0 aromatic heterocycles. The Morgan fingerprint density at radius 1 is 0.933 bits per heavy atom. The number of halogens is 2. The molecule has 1 N–H and O–H groups in total.